The summed E-state index contributed by atoms with van der Waals surface area (Å²) in [4.78, 5) is 9.91. The lowest BCUT2D eigenvalue weighted by molar-refractivity contribution is 0.493. The van der Waals surface area contributed by atoms with E-state index in [1.54, 1.807) is 12.5 Å². The lowest BCUT2D eigenvalue weighted by Gasteiger charge is -2.20. The smallest absolute Gasteiger partial charge is 0.251 e. The summed E-state index contributed by atoms with van der Waals surface area (Å²) in [7, 11) is -3.64. The molecule has 4 aromatic rings. The fourth-order valence-corrected chi connectivity index (χ4v) is 7.14. The Labute approximate surface area is 199 Å². The van der Waals surface area contributed by atoms with Crippen molar-refractivity contribution >= 4 is 32.5 Å². The van der Waals surface area contributed by atoms with Gasteiger partial charge in [-0.2, -0.15) is 0 Å². The molecule has 0 bridgehead atoms. The molecule has 3 aromatic heterocycles. The molecule has 8 heteroatoms. The maximum atomic E-state index is 13.2. The molecule has 0 aliphatic rings. The Balaban J connectivity index is 1.67. The molecule has 6 nitrogen and oxygen atoms in total. The highest BCUT2D eigenvalue weighted by Crippen LogP contribution is 2.37. The molecule has 0 unspecified atom stereocenters. The Bertz CT molecular complexity index is 1360. The highest BCUT2D eigenvalue weighted by Gasteiger charge is 2.27. The third kappa shape index (κ3) is 5.51. The first-order valence-electron chi connectivity index (χ1n) is 11.0. The van der Waals surface area contributed by atoms with Gasteiger partial charge in [-0.25, -0.2) is 23.1 Å². The molecule has 3 heterocycles. The van der Waals surface area contributed by atoms with Crippen LogP contribution in [0.25, 0.3) is 22.3 Å². The van der Waals surface area contributed by atoms with E-state index in [4.69, 9.17) is 0 Å². The van der Waals surface area contributed by atoms with E-state index < -0.39 is 15.6 Å². The second kappa shape index (κ2) is 9.00. The number of fused-ring (bicyclic) bond motifs is 1. The van der Waals surface area contributed by atoms with Crippen molar-refractivity contribution in [1.29, 1.82) is 0 Å². The van der Waals surface area contributed by atoms with Crippen LogP contribution in [0.4, 0.5) is 0 Å². The molecule has 0 amide bonds. The number of nitrogens with zero attached hydrogens (tertiary/aromatic N) is 3. The fraction of sp³-hybridized carbons (Fsp3) is 0.360. The number of imidazole rings is 1. The Hall–Kier alpha value is -2.55. The largest absolute Gasteiger partial charge is 0.311 e. The van der Waals surface area contributed by atoms with Gasteiger partial charge in [0.25, 0.3) is 10.0 Å². The SMILES string of the molecule is CC(C)Cc1cc(-c2ccc(Cn3cnc4cccnc43)cc2)c(S(=O)(=O)NC(C)(C)C)s1. The van der Waals surface area contributed by atoms with Crippen LogP contribution in [0.15, 0.2) is 59.2 Å². The Morgan fingerprint density at radius 2 is 1.82 bits per heavy atom. The van der Waals surface area contributed by atoms with Crippen molar-refractivity contribution in [3.63, 3.8) is 0 Å². The van der Waals surface area contributed by atoms with Gasteiger partial charge in [-0.1, -0.05) is 38.1 Å². The monoisotopic (exact) mass is 482 g/mol. The normalized spacial score (nSPS) is 12.7. The summed E-state index contributed by atoms with van der Waals surface area (Å²) in [5, 5.41) is 0. The number of aromatic nitrogens is 3. The number of rotatable bonds is 7. The predicted molar refractivity (Wildman–Crippen MR) is 135 cm³/mol. The summed E-state index contributed by atoms with van der Waals surface area (Å²) in [6.07, 6.45) is 4.41. The van der Waals surface area contributed by atoms with Crippen LogP contribution in [0.2, 0.25) is 0 Å². The quantitative estimate of drug-likeness (QED) is 0.378. The number of sulfonamides is 1. The summed E-state index contributed by atoms with van der Waals surface area (Å²) in [6, 6.07) is 13.9. The van der Waals surface area contributed by atoms with Crippen LogP contribution in [-0.4, -0.2) is 28.5 Å². The van der Waals surface area contributed by atoms with Gasteiger partial charge < -0.3 is 4.57 Å². The first-order valence-corrected chi connectivity index (χ1v) is 13.3. The molecule has 0 radical (unpaired) electrons. The maximum Gasteiger partial charge on any atom is 0.251 e. The predicted octanol–water partition coefficient (Wildman–Crippen LogP) is 5.48. The summed E-state index contributed by atoms with van der Waals surface area (Å²) in [6.45, 7) is 10.5. The van der Waals surface area contributed by atoms with Crippen molar-refractivity contribution in [1.82, 2.24) is 19.3 Å². The second-order valence-electron chi connectivity index (χ2n) is 9.78. The standard InChI is InChI=1S/C25H30N4O2S2/c1-17(2)13-20-14-21(24(32-20)33(30,31)28-25(3,4)5)19-10-8-18(9-11-19)15-29-16-27-22-7-6-12-26-23(22)29/h6-12,14,16-17,28H,13,15H2,1-5H3. The molecule has 0 fully saturated rings. The van der Waals surface area contributed by atoms with Gasteiger partial charge in [0, 0.05) is 22.2 Å². The Morgan fingerprint density at radius 1 is 1.09 bits per heavy atom. The van der Waals surface area contributed by atoms with Crippen LogP contribution >= 0.6 is 11.3 Å². The van der Waals surface area contributed by atoms with E-state index in [2.05, 4.69) is 28.5 Å². The first-order chi connectivity index (χ1) is 15.5. The summed E-state index contributed by atoms with van der Waals surface area (Å²) < 4.78 is 31.7. The van der Waals surface area contributed by atoms with Crippen molar-refractivity contribution in [2.45, 2.75) is 57.3 Å². The van der Waals surface area contributed by atoms with Crippen molar-refractivity contribution in [3.8, 4) is 11.1 Å². The van der Waals surface area contributed by atoms with Crippen molar-refractivity contribution < 1.29 is 8.42 Å². The number of hydrogen-bond donors (Lipinski definition) is 1. The van der Waals surface area contributed by atoms with Crippen molar-refractivity contribution in [2.75, 3.05) is 0 Å². The zero-order valence-electron chi connectivity index (χ0n) is 19.7. The minimum Gasteiger partial charge on any atom is -0.311 e. The van der Waals surface area contributed by atoms with E-state index in [9.17, 15) is 8.42 Å². The van der Waals surface area contributed by atoms with E-state index in [1.165, 1.54) is 11.3 Å². The molecule has 174 valence electrons. The van der Waals surface area contributed by atoms with Crippen LogP contribution in [0.3, 0.4) is 0 Å². The van der Waals surface area contributed by atoms with E-state index in [-0.39, 0.29) is 0 Å². The highest BCUT2D eigenvalue weighted by molar-refractivity contribution is 7.91. The third-order valence-electron chi connectivity index (χ3n) is 5.04. The minimum atomic E-state index is -3.64. The zero-order valence-corrected chi connectivity index (χ0v) is 21.3. The highest BCUT2D eigenvalue weighted by atomic mass is 32.2. The van der Waals surface area contributed by atoms with E-state index in [0.29, 0.717) is 16.7 Å². The van der Waals surface area contributed by atoms with Gasteiger partial charge in [0.2, 0.25) is 0 Å². The van der Waals surface area contributed by atoms with Crippen LogP contribution < -0.4 is 4.72 Å². The molecule has 1 N–H and O–H groups in total. The number of benzene rings is 1. The van der Waals surface area contributed by atoms with Crippen LogP contribution in [0.5, 0.6) is 0 Å². The van der Waals surface area contributed by atoms with E-state index >= 15 is 0 Å². The maximum absolute atomic E-state index is 13.2. The molecule has 4 rings (SSSR count). The lowest BCUT2D eigenvalue weighted by Crippen LogP contribution is -2.40. The molecule has 0 saturated carbocycles. The molecule has 1 aromatic carbocycles. The van der Waals surface area contributed by atoms with Gasteiger partial charge in [0.15, 0.2) is 5.65 Å². The van der Waals surface area contributed by atoms with Crippen LogP contribution in [-0.2, 0) is 23.0 Å². The van der Waals surface area contributed by atoms with Gasteiger partial charge in [-0.3, -0.25) is 0 Å². The summed E-state index contributed by atoms with van der Waals surface area (Å²) in [5.41, 5.74) is 3.91. The van der Waals surface area contributed by atoms with Crippen LogP contribution in [0.1, 0.15) is 45.1 Å². The number of nitrogens with one attached hydrogen (secondary N) is 1. The molecular formula is C25H30N4O2S2. The number of thiophene rings is 1. The van der Waals surface area contributed by atoms with Crippen molar-refractivity contribution in [2.24, 2.45) is 5.92 Å². The Morgan fingerprint density at radius 3 is 2.48 bits per heavy atom. The Kier molecular flexibility index (Phi) is 6.44. The van der Waals surface area contributed by atoms with Crippen molar-refractivity contribution in [3.05, 3.63) is 65.4 Å². The summed E-state index contributed by atoms with van der Waals surface area (Å²) >= 11 is 1.37. The topological polar surface area (TPSA) is 76.9 Å². The molecule has 0 aliphatic carbocycles. The number of hydrogen-bond acceptors (Lipinski definition) is 5. The van der Waals surface area contributed by atoms with Gasteiger partial charge >= 0.3 is 0 Å². The third-order valence-corrected chi connectivity index (χ3v) is 8.48. The van der Waals surface area contributed by atoms with Gasteiger partial charge in [0.05, 0.1) is 12.9 Å². The van der Waals surface area contributed by atoms with E-state index in [1.807, 2.05) is 67.8 Å². The number of pyridine rings is 1. The van der Waals surface area contributed by atoms with E-state index in [0.717, 1.165) is 39.2 Å². The molecule has 0 aliphatic heterocycles. The molecule has 0 spiro atoms. The zero-order chi connectivity index (χ0) is 23.8. The van der Waals surface area contributed by atoms with Gasteiger partial charge in [-0.15, -0.1) is 11.3 Å². The summed E-state index contributed by atoms with van der Waals surface area (Å²) in [5.74, 6) is 0.448. The second-order valence-corrected chi connectivity index (χ2v) is 12.8. The fourth-order valence-electron chi connectivity index (χ4n) is 3.78. The minimum absolute atomic E-state index is 0.380. The first kappa shape index (κ1) is 23.6. The molecule has 0 atom stereocenters. The van der Waals surface area contributed by atoms with Crippen LogP contribution in [0, 0.1) is 5.92 Å². The van der Waals surface area contributed by atoms with Gasteiger partial charge in [0.1, 0.15) is 9.73 Å². The molecule has 33 heavy (non-hydrogen) atoms. The average molecular weight is 483 g/mol. The van der Waals surface area contributed by atoms with Gasteiger partial charge in [-0.05, 0) is 62.4 Å². The molecular weight excluding hydrogens is 452 g/mol. The molecule has 0 saturated heterocycles. The average Bonchev–Trinajstić information content (AvgIpc) is 3.32. The lowest BCUT2D eigenvalue weighted by atomic mass is 10.0.